The highest BCUT2D eigenvalue weighted by Gasteiger charge is 2.26. The van der Waals surface area contributed by atoms with Crippen LogP contribution in [0.4, 0.5) is 0 Å². The van der Waals surface area contributed by atoms with E-state index in [9.17, 15) is 13.2 Å². The van der Waals surface area contributed by atoms with Gasteiger partial charge in [0.1, 0.15) is 0 Å². The van der Waals surface area contributed by atoms with Gasteiger partial charge >= 0.3 is 5.97 Å². The van der Waals surface area contributed by atoms with E-state index in [1.165, 1.54) is 0 Å². The van der Waals surface area contributed by atoms with Crippen LogP contribution in [-0.4, -0.2) is 44.5 Å². The van der Waals surface area contributed by atoms with E-state index in [1.54, 1.807) is 6.08 Å². The molecular formula is C9H17NO5S. The normalized spacial score (nSPS) is 13.3. The summed E-state index contributed by atoms with van der Waals surface area (Å²) in [6, 6.07) is 0. The van der Waals surface area contributed by atoms with E-state index in [0.29, 0.717) is 13.0 Å². The zero-order valence-corrected chi connectivity index (χ0v) is 10.00. The molecule has 16 heavy (non-hydrogen) atoms. The standard InChI is InChI=1S/C9H17NO5S/c1-3-4-6-15-7-5-10-16(13,14)8(2)9(11)12/h3,8,10H,1,4-7H2,2H3,(H,11,12). The summed E-state index contributed by atoms with van der Waals surface area (Å²) in [5.41, 5.74) is 0. The first kappa shape index (κ1) is 15.1. The fourth-order valence-corrected chi connectivity index (χ4v) is 1.67. The lowest BCUT2D eigenvalue weighted by molar-refractivity contribution is -0.136. The average molecular weight is 251 g/mol. The van der Waals surface area contributed by atoms with Crippen molar-refractivity contribution in [1.82, 2.24) is 4.72 Å². The van der Waals surface area contributed by atoms with Gasteiger partial charge in [0.05, 0.1) is 13.2 Å². The molecule has 0 aromatic carbocycles. The second-order valence-corrected chi connectivity index (χ2v) is 5.20. The summed E-state index contributed by atoms with van der Waals surface area (Å²) in [5.74, 6) is -1.37. The summed E-state index contributed by atoms with van der Waals surface area (Å²) in [7, 11) is -3.80. The smallest absolute Gasteiger partial charge is 0.323 e. The van der Waals surface area contributed by atoms with Crippen molar-refractivity contribution in [3.05, 3.63) is 12.7 Å². The maximum absolute atomic E-state index is 11.3. The molecule has 0 aromatic rings. The Balaban J connectivity index is 3.83. The number of aliphatic carboxylic acids is 1. The van der Waals surface area contributed by atoms with Gasteiger partial charge in [0.2, 0.25) is 10.0 Å². The Labute approximate surface area is 95.3 Å². The van der Waals surface area contributed by atoms with Gasteiger partial charge in [-0.3, -0.25) is 4.79 Å². The van der Waals surface area contributed by atoms with E-state index >= 15 is 0 Å². The molecule has 0 bridgehead atoms. The van der Waals surface area contributed by atoms with Crippen molar-refractivity contribution in [2.24, 2.45) is 0 Å². The van der Waals surface area contributed by atoms with Crippen LogP contribution in [0.15, 0.2) is 12.7 Å². The first-order valence-corrected chi connectivity index (χ1v) is 6.36. The van der Waals surface area contributed by atoms with Crippen LogP contribution in [0.5, 0.6) is 0 Å². The number of hydrogen-bond acceptors (Lipinski definition) is 4. The molecule has 0 rings (SSSR count). The fourth-order valence-electron chi connectivity index (χ4n) is 0.783. The van der Waals surface area contributed by atoms with Gasteiger partial charge in [-0.15, -0.1) is 6.58 Å². The van der Waals surface area contributed by atoms with Crippen molar-refractivity contribution in [2.45, 2.75) is 18.6 Å². The van der Waals surface area contributed by atoms with E-state index in [4.69, 9.17) is 9.84 Å². The van der Waals surface area contributed by atoms with Crippen LogP contribution >= 0.6 is 0 Å². The minimum absolute atomic E-state index is 0.0666. The third kappa shape index (κ3) is 5.84. The Morgan fingerprint density at radius 2 is 2.19 bits per heavy atom. The Morgan fingerprint density at radius 1 is 1.56 bits per heavy atom. The molecule has 0 aromatic heterocycles. The largest absolute Gasteiger partial charge is 0.480 e. The van der Waals surface area contributed by atoms with Crippen LogP contribution in [-0.2, 0) is 19.6 Å². The molecule has 0 saturated carbocycles. The molecule has 7 heteroatoms. The molecule has 94 valence electrons. The Kier molecular flexibility index (Phi) is 6.95. The summed E-state index contributed by atoms with van der Waals surface area (Å²) in [6.07, 6.45) is 2.38. The number of rotatable bonds is 9. The number of carboxylic acid groups (broad SMARTS) is 1. The molecule has 2 N–H and O–H groups in total. The first-order valence-electron chi connectivity index (χ1n) is 4.81. The van der Waals surface area contributed by atoms with Gasteiger partial charge in [0, 0.05) is 6.54 Å². The van der Waals surface area contributed by atoms with Crippen molar-refractivity contribution >= 4 is 16.0 Å². The predicted molar refractivity (Wildman–Crippen MR) is 59.7 cm³/mol. The molecule has 0 amide bonds. The lowest BCUT2D eigenvalue weighted by Gasteiger charge is -2.09. The summed E-state index contributed by atoms with van der Waals surface area (Å²) < 4.78 is 29.8. The average Bonchev–Trinajstić information content (AvgIpc) is 2.22. The van der Waals surface area contributed by atoms with Crippen molar-refractivity contribution in [3.8, 4) is 0 Å². The maximum atomic E-state index is 11.3. The lowest BCUT2D eigenvalue weighted by atomic mass is 10.5. The molecule has 0 fully saturated rings. The monoisotopic (exact) mass is 251 g/mol. The van der Waals surface area contributed by atoms with Crippen LogP contribution in [0.1, 0.15) is 13.3 Å². The highest BCUT2D eigenvalue weighted by Crippen LogP contribution is 1.97. The minimum Gasteiger partial charge on any atom is -0.480 e. The third-order valence-electron chi connectivity index (χ3n) is 1.83. The molecule has 0 radical (unpaired) electrons. The zero-order valence-electron chi connectivity index (χ0n) is 9.18. The van der Waals surface area contributed by atoms with Gasteiger partial charge in [-0.2, -0.15) is 0 Å². The van der Waals surface area contributed by atoms with Crippen LogP contribution < -0.4 is 4.72 Å². The third-order valence-corrected chi connectivity index (χ3v) is 3.57. The van der Waals surface area contributed by atoms with Crippen molar-refractivity contribution in [3.63, 3.8) is 0 Å². The van der Waals surface area contributed by atoms with Crippen molar-refractivity contribution in [1.29, 1.82) is 0 Å². The Hall–Kier alpha value is -0.920. The number of ether oxygens (including phenoxy) is 1. The van der Waals surface area contributed by atoms with E-state index in [1.807, 2.05) is 0 Å². The van der Waals surface area contributed by atoms with Crippen molar-refractivity contribution in [2.75, 3.05) is 19.8 Å². The summed E-state index contributed by atoms with van der Waals surface area (Å²) >= 11 is 0. The fraction of sp³-hybridized carbons (Fsp3) is 0.667. The number of carbonyl (C=O) groups is 1. The Morgan fingerprint density at radius 3 is 2.69 bits per heavy atom. The van der Waals surface area contributed by atoms with E-state index in [2.05, 4.69) is 11.3 Å². The first-order chi connectivity index (χ1) is 7.41. The van der Waals surface area contributed by atoms with Crippen LogP contribution in [0.2, 0.25) is 0 Å². The molecule has 1 unspecified atom stereocenters. The van der Waals surface area contributed by atoms with Gasteiger partial charge in [0.15, 0.2) is 5.25 Å². The molecule has 0 saturated heterocycles. The topological polar surface area (TPSA) is 92.7 Å². The van der Waals surface area contributed by atoms with Crippen LogP contribution in [0.25, 0.3) is 0 Å². The minimum atomic E-state index is -3.80. The maximum Gasteiger partial charge on any atom is 0.323 e. The molecule has 0 aliphatic heterocycles. The highest BCUT2D eigenvalue weighted by atomic mass is 32.2. The summed E-state index contributed by atoms with van der Waals surface area (Å²) in [5, 5.41) is 7.07. The quantitative estimate of drug-likeness (QED) is 0.443. The van der Waals surface area contributed by atoms with Crippen molar-refractivity contribution < 1.29 is 23.1 Å². The summed E-state index contributed by atoms with van der Waals surface area (Å²) in [6.45, 7) is 5.36. The van der Waals surface area contributed by atoms with Gasteiger partial charge in [-0.1, -0.05) is 6.08 Å². The van der Waals surface area contributed by atoms with Crippen LogP contribution in [0, 0.1) is 0 Å². The summed E-state index contributed by atoms with van der Waals surface area (Å²) in [4.78, 5) is 10.5. The number of sulfonamides is 1. The molecule has 1 atom stereocenters. The second kappa shape index (κ2) is 7.37. The van der Waals surface area contributed by atoms with Gasteiger partial charge < -0.3 is 9.84 Å². The lowest BCUT2D eigenvalue weighted by Crippen LogP contribution is -2.38. The van der Waals surface area contributed by atoms with Crippen LogP contribution in [0.3, 0.4) is 0 Å². The second-order valence-electron chi connectivity index (χ2n) is 3.11. The zero-order chi connectivity index (χ0) is 12.6. The Bertz CT molecular complexity index is 325. The SMILES string of the molecule is C=CCCOCCNS(=O)(=O)C(C)C(=O)O. The van der Waals surface area contributed by atoms with Gasteiger partial charge in [-0.05, 0) is 13.3 Å². The highest BCUT2D eigenvalue weighted by molar-refractivity contribution is 7.90. The molecule has 6 nitrogen and oxygen atoms in total. The number of nitrogens with one attached hydrogen (secondary N) is 1. The molecule has 0 heterocycles. The van der Waals surface area contributed by atoms with E-state index in [-0.39, 0.29) is 13.2 Å². The van der Waals surface area contributed by atoms with E-state index in [0.717, 1.165) is 6.92 Å². The predicted octanol–water partition coefficient (Wildman–Crippen LogP) is -0.0284. The van der Waals surface area contributed by atoms with Gasteiger partial charge in [0.25, 0.3) is 0 Å². The molecule has 0 aliphatic carbocycles. The number of hydrogen-bond donors (Lipinski definition) is 2. The molecular weight excluding hydrogens is 234 g/mol. The molecule has 0 aliphatic rings. The number of carboxylic acids is 1. The van der Waals surface area contributed by atoms with Gasteiger partial charge in [-0.25, -0.2) is 13.1 Å². The molecule has 0 spiro atoms. The van der Waals surface area contributed by atoms with E-state index < -0.39 is 21.2 Å².